The number of methoxy groups -OCH3 is 1. The Morgan fingerprint density at radius 1 is 1.50 bits per heavy atom. The molecule has 16 heavy (non-hydrogen) atoms. The molecule has 84 valence electrons. The number of terminal acetylenes is 1. The van der Waals surface area contributed by atoms with E-state index in [9.17, 15) is 10.1 Å². The summed E-state index contributed by atoms with van der Waals surface area (Å²) in [6.45, 7) is 3.52. The summed E-state index contributed by atoms with van der Waals surface area (Å²) >= 11 is 0. The van der Waals surface area contributed by atoms with Crippen molar-refractivity contribution in [3.63, 3.8) is 0 Å². The van der Waals surface area contributed by atoms with E-state index in [4.69, 9.17) is 11.2 Å². The first-order valence-electron chi connectivity index (χ1n) is 4.73. The summed E-state index contributed by atoms with van der Waals surface area (Å²) in [4.78, 5) is 10.4. The molecule has 1 rings (SSSR count). The number of rotatable bonds is 3. The molecule has 0 amide bonds. The van der Waals surface area contributed by atoms with Gasteiger partial charge in [-0.1, -0.05) is 5.92 Å². The van der Waals surface area contributed by atoms with Gasteiger partial charge in [-0.05, 0) is 26.0 Å². The maximum Gasteiger partial charge on any atom is 0.274 e. The highest BCUT2D eigenvalue weighted by molar-refractivity contribution is 5.51. The van der Waals surface area contributed by atoms with Crippen LogP contribution in [0.15, 0.2) is 18.2 Å². The Balaban J connectivity index is 3.44. The van der Waals surface area contributed by atoms with E-state index in [1.54, 1.807) is 26.0 Å². The van der Waals surface area contributed by atoms with Gasteiger partial charge in [-0.15, -0.1) is 6.42 Å². The van der Waals surface area contributed by atoms with Crippen LogP contribution in [0.5, 0.6) is 5.75 Å². The number of benzene rings is 1. The molecule has 0 bridgehead atoms. The Kier molecular flexibility index (Phi) is 3.19. The van der Waals surface area contributed by atoms with E-state index in [-0.39, 0.29) is 5.69 Å². The van der Waals surface area contributed by atoms with Crippen molar-refractivity contribution in [2.24, 2.45) is 0 Å². The molecule has 0 aromatic heterocycles. The highest BCUT2D eigenvalue weighted by Crippen LogP contribution is 2.33. The van der Waals surface area contributed by atoms with Crippen LogP contribution in [0, 0.1) is 22.5 Å². The van der Waals surface area contributed by atoms with Gasteiger partial charge in [-0.25, -0.2) is 0 Å². The molecule has 0 aliphatic heterocycles. The lowest BCUT2D eigenvalue weighted by molar-refractivity contribution is -0.385. The normalized spacial score (nSPS) is 10.6. The smallest absolute Gasteiger partial charge is 0.274 e. The van der Waals surface area contributed by atoms with E-state index in [0.29, 0.717) is 11.3 Å². The average molecular weight is 219 g/mol. The molecule has 4 nitrogen and oxygen atoms in total. The van der Waals surface area contributed by atoms with Crippen LogP contribution in [-0.4, -0.2) is 12.0 Å². The fourth-order valence-electron chi connectivity index (χ4n) is 1.38. The molecule has 1 aromatic carbocycles. The Bertz CT molecular complexity index is 458. The topological polar surface area (TPSA) is 52.4 Å². The summed E-state index contributed by atoms with van der Waals surface area (Å²) in [5.41, 5.74) is -0.195. The van der Waals surface area contributed by atoms with Crippen LogP contribution in [0.2, 0.25) is 0 Å². The lowest BCUT2D eigenvalue weighted by Gasteiger charge is -2.18. The number of nitro benzene ring substituents is 1. The van der Waals surface area contributed by atoms with Crippen LogP contribution in [0.4, 0.5) is 5.69 Å². The third-order valence-electron chi connectivity index (χ3n) is 2.43. The molecule has 0 fully saturated rings. The lowest BCUT2D eigenvalue weighted by atomic mass is 9.84. The molecule has 0 saturated heterocycles. The van der Waals surface area contributed by atoms with Crippen LogP contribution in [0.3, 0.4) is 0 Å². The average Bonchev–Trinajstić information content (AvgIpc) is 2.28. The minimum Gasteiger partial charge on any atom is -0.497 e. The first-order chi connectivity index (χ1) is 7.42. The van der Waals surface area contributed by atoms with E-state index in [0.717, 1.165) is 0 Å². The van der Waals surface area contributed by atoms with Gasteiger partial charge in [0, 0.05) is 6.07 Å². The molecule has 0 spiro atoms. The SMILES string of the molecule is C#CC(C)(C)c1cc(OC)ccc1[N+](=O)[O-]. The number of hydrogen-bond acceptors (Lipinski definition) is 3. The fraction of sp³-hybridized carbons (Fsp3) is 0.333. The van der Waals surface area contributed by atoms with Gasteiger partial charge in [-0.3, -0.25) is 10.1 Å². The van der Waals surface area contributed by atoms with E-state index >= 15 is 0 Å². The highest BCUT2D eigenvalue weighted by atomic mass is 16.6. The van der Waals surface area contributed by atoms with Crippen molar-refractivity contribution in [2.45, 2.75) is 19.3 Å². The van der Waals surface area contributed by atoms with Gasteiger partial charge < -0.3 is 4.74 Å². The van der Waals surface area contributed by atoms with Gasteiger partial charge in [0.1, 0.15) is 5.75 Å². The third kappa shape index (κ3) is 2.14. The Hall–Kier alpha value is -2.02. The summed E-state index contributed by atoms with van der Waals surface area (Å²) in [7, 11) is 1.51. The summed E-state index contributed by atoms with van der Waals surface area (Å²) in [6, 6.07) is 4.57. The summed E-state index contributed by atoms with van der Waals surface area (Å²) in [5, 5.41) is 10.9. The zero-order chi connectivity index (χ0) is 12.3. The molecule has 0 radical (unpaired) electrons. The summed E-state index contributed by atoms with van der Waals surface area (Å²) < 4.78 is 5.04. The first kappa shape index (κ1) is 12.1. The number of ether oxygens (including phenoxy) is 1. The second kappa shape index (κ2) is 4.23. The molecule has 0 unspecified atom stereocenters. The molecular formula is C12H13NO3. The highest BCUT2D eigenvalue weighted by Gasteiger charge is 2.27. The van der Waals surface area contributed by atoms with Gasteiger partial charge in [0.2, 0.25) is 0 Å². The van der Waals surface area contributed by atoms with Crippen LogP contribution in [0.1, 0.15) is 19.4 Å². The largest absolute Gasteiger partial charge is 0.497 e. The Morgan fingerprint density at radius 2 is 2.12 bits per heavy atom. The zero-order valence-corrected chi connectivity index (χ0v) is 9.48. The van der Waals surface area contributed by atoms with Gasteiger partial charge in [0.25, 0.3) is 5.69 Å². The van der Waals surface area contributed by atoms with E-state index in [2.05, 4.69) is 5.92 Å². The van der Waals surface area contributed by atoms with E-state index in [1.165, 1.54) is 13.2 Å². The van der Waals surface area contributed by atoms with Crippen molar-refractivity contribution in [2.75, 3.05) is 7.11 Å². The van der Waals surface area contributed by atoms with E-state index in [1.807, 2.05) is 0 Å². The number of hydrogen-bond donors (Lipinski definition) is 0. The van der Waals surface area contributed by atoms with E-state index < -0.39 is 10.3 Å². The molecule has 4 heteroatoms. The number of nitrogens with zero attached hydrogens (tertiary/aromatic N) is 1. The summed E-state index contributed by atoms with van der Waals surface area (Å²) in [5.74, 6) is 3.10. The lowest BCUT2D eigenvalue weighted by Crippen LogP contribution is -2.16. The van der Waals surface area contributed by atoms with Crippen molar-refractivity contribution in [1.29, 1.82) is 0 Å². The molecule has 0 N–H and O–H groups in total. The van der Waals surface area contributed by atoms with Gasteiger partial charge in [0.05, 0.1) is 23.0 Å². The van der Waals surface area contributed by atoms with Crippen molar-refractivity contribution >= 4 is 5.69 Å². The molecule has 0 atom stereocenters. The van der Waals surface area contributed by atoms with Gasteiger partial charge >= 0.3 is 0 Å². The molecule has 1 aromatic rings. The van der Waals surface area contributed by atoms with Gasteiger partial charge in [-0.2, -0.15) is 0 Å². The van der Waals surface area contributed by atoms with Crippen molar-refractivity contribution < 1.29 is 9.66 Å². The summed E-state index contributed by atoms with van der Waals surface area (Å²) in [6.07, 6.45) is 5.39. The number of nitro groups is 1. The van der Waals surface area contributed by atoms with Gasteiger partial charge in [0.15, 0.2) is 0 Å². The predicted octanol–water partition coefficient (Wildman–Crippen LogP) is 2.51. The monoisotopic (exact) mass is 219 g/mol. The fourth-order valence-corrected chi connectivity index (χ4v) is 1.38. The predicted molar refractivity (Wildman–Crippen MR) is 61.5 cm³/mol. The standard InChI is InChI=1S/C12H13NO3/c1-5-12(2,3)10-8-9(16-4)6-7-11(10)13(14)15/h1,6-8H,2-4H3. The minimum absolute atomic E-state index is 0.0174. The molecular weight excluding hydrogens is 206 g/mol. The third-order valence-corrected chi connectivity index (χ3v) is 2.43. The first-order valence-corrected chi connectivity index (χ1v) is 4.73. The van der Waals surface area contributed by atoms with Crippen molar-refractivity contribution in [3.8, 4) is 18.1 Å². The second-order valence-electron chi connectivity index (χ2n) is 3.91. The molecule has 0 heterocycles. The molecule has 0 aliphatic rings. The van der Waals surface area contributed by atoms with Crippen molar-refractivity contribution in [3.05, 3.63) is 33.9 Å². The van der Waals surface area contributed by atoms with Crippen LogP contribution >= 0.6 is 0 Å². The van der Waals surface area contributed by atoms with Crippen molar-refractivity contribution in [1.82, 2.24) is 0 Å². The maximum absolute atomic E-state index is 10.9. The Labute approximate surface area is 94.4 Å². The molecule has 0 saturated carbocycles. The molecule has 0 aliphatic carbocycles. The Morgan fingerprint density at radius 3 is 2.56 bits per heavy atom. The van der Waals surface area contributed by atoms with Crippen LogP contribution in [0.25, 0.3) is 0 Å². The van der Waals surface area contributed by atoms with Crippen LogP contribution in [-0.2, 0) is 5.41 Å². The quantitative estimate of drug-likeness (QED) is 0.446. The zero-order valence-electron chi connectivity index (χ0n) is 9.48. The van der Waals surface area contributed by atoms with Crippen LogP contribution < -0.4 is 4.74 Å². The second-order valence-corrected chi connectivity index (χ2v) is 3.91. The minimum atomic E-state index is -0.697. The maximum atomic E-state index is 10.9.